The Labute approximate surface area is 156 Å². The third-order valence-electron chi connectivity index (χ3n) is 3.54. The molecule has 0 aliphatic carbocycles. The van der Waals surface area contributed by atoms with Crippen LogP contribution in [0.4, 0.5) is 11.4 Å². The summed E-state index contributed by atoms with van der Waals surface area (Å²) in [5.41, 5.74) is 0.0998. The van der Waals surface area contributed by atoms with Crippen molar-refractivity contribution in [1.82, 2.24) is 4.90 Å². The lowest BCUT2D eigenvalue weighted by Crippen LogP contribution is -2.31. The quantitative estimate of drug-likeness (QED) is 0.410. The second-order valence-corrected chi connectivity index (χ2v) is 6.13. The van der Waals surface area contributed by atoms with Crippen molar-refractivity contribution in [3.63, 3.8) is 0 Å². The summed E-state index contributed by atoms with van der Waals surface area (Å²) in [6, 6.07) is 13.7. The van der Waals surface area contributed by atoms with Crippen molar-refractivity contribution in [1.29, 1.82) is 0 Å². The van der Waals surface area contributed by atoms with E-state index in [0.29, 0.717) is 18.8 Å². The van der Waals surface area contributed by atoms with Crippen LogP contribution in [0.3, 0.4) is 0 Å². The molecule has 2 rings (SSSR count). The predicted molar refractivity (Wildman–Crippen MR) is 101 cm³/mol. The molecule has 0 radical (unpaired) electrons. The van der Waals surface area contributed by atoms with Gasteiger partial charge in [0.25, 0.3) is 5.69 Å². The largest absolute Gasteiger partial charge is 0.494 e. The van der Waals surface area contributed by atoms with Crippen LogP contribution in [-0.2, 0) is 4.79 Å². The van der Waals surface area contributed by atoms with Gasteiger partial charge in [-0.2, -0.15) is 0 Å². The first-order valence-corrected chi connectivity index (χ1v) is 8.43. The Balaban J connectivity index is 1.73. The van der Waals surface area contributed by atoms with Gasteiger partial charge < -0.3 is 10.1 Å². The summed E-state index contributed by atoms with van der Waals surface area (Å²) in [6.45, 7) is 1.40. The van der Waals surface area contributed by atoms with Gasteiger partial charge in [-0.25, -0.2) is 0 Å². The summed E-state index contributed by atoms with van der Waals surface area (Å²) in [5, 5.41) is 13.5. The first kappa shape index (κ1) is 19.7. The van der Waals surface area contributed by atoms with Crippen LogP contribution in [0.2, 0.25) is 5.02 Å². The van der Waals surface area contributed by atoms with Gasteiger partial charge in [-0.05, 0) is 37.7 Å². The Kier molecular flexibility index (Phi) is 7.37. The highest BCUT2D eigenvalue weighted by Gasteiger charge is 2.14. The molecule has 0 unspecified atom stereocenters. The van der Waals surface area contributed by atoms with E-state index in [-0.39, 0.29) is 23.2 Å². The fourth-order valence-corrected chi connectivity index (χ4v) is 2.48. The van der Waals surface area contributed by atoms with Gasteiger partial charge in [0.05, 0.1) is 18.1 Å². The first-order valence-electron chi connectivity index (χ1n) is 8.06. The molecule has 0 atom stereocenters. The molecule has 0 aliphatic heterocycles. The van der Waals surface area contributed by atoms with E-state index in [0.717, 1.165) is 12.2 Å². The van der Waals surface area contributed by atoms with Gasteiger partial charge in [0.15, 0.2) is 0 Å². The zero-order valence-corrected chi connectivity index (χ0v) is 15.1. The number of nitro benzene ring substituents is 1. The number of amides is 1. The highest BCUT2D eigenvalue weighted by atomic mass is 35.5. The zero-order valence-electron chi connectivity index (χ0n) is 14.4. The number of nitro groups is 1. The number of rotatable bonds is 9. The minimum Gasteiger partial charge on any atom is -0.494 e. The molecule has 0 bridgehead atoms. The lowest BCUT2D eigenvalue weighted by atomic mass is 10.2. The zero-order chi connectivity index (χ0) is 18.9. The Morgan fingerprint density at radius 1 is 1.27 bits per heavy atom. The molecule has 7 nitrogen and oxygen atoms in total. The van der Waals surface area contributed by atoms with Crippen LogP contribution in [0.25, 0.3) is 0 Å². The summed E-state index contributed by atoms with van der Waals surface area (Å²) in [6.07, 6.45) is 0.769. The van der Waals surface area contributed by atoms with Crippen molar-refractivity contribution in [2.75, 3.05) is 32.1 Å². The van der Waals surface area contributed by atoms with Gasteiger partial charge >= 0.3 is 0 Å². The number of nitrogens with zero attached hydrogens (tertiary/aromatic N) is 2. The summed E-state index contributed by atoms with van der Waals surface area (Å²) in [5.74, 6) is 0.560. The van der Waals surface area contributed by atoms with E-state index in [4.69, 9.17) is 16.3 Å². The van der Waals surface area contributed by atoms with E-state index in [1.165, 1.54) is 18.2 Å². The number of anilines is 1. The first-order chi connectivity index (χ1) is 12.5. The van der Waals surface area contributed by atoms with Crippen LogP contribution in [-0.4, -0.2) is 42.5 Å². The summed E-state index contributed by atoms with van der Waals surface area (Å²) < 4.78 is 5.60. The molecule has 8 heteroatoms. The molecule has 2 aromatic carbocycles. The third-order valence-corrected chi connectivity index (χ3v) is 3.86. The molecule has 1 amide bonds. The Morgan fingerprint density at radius 2 is 2.00 bits per heavy atom. The smallest absolute Gasteiger partial charge is 0.289 e. The number of likely N-dealkylation sites (N-methyl/N-ethyl adjacent to an activating group) is 1. The fraction of sp³-hybridized carbons (Fsp3) is 0.278. The molecule has 138 valence electrons. The standard InChI is InChI=1S/C18H20ClN3O4/c1-21(10-5-11-26-15-6-3-2-4-7-15)13-18(23)20-14-8-9-16(19)17(12-14)22(24)25/h2-4,6-9,12H,5,10-11,13H2,1H3,(H,20,23). The molecular formula is C18H20ClN3O4. The van der Waals surface area contributed by atoms with E-state index < -0.39 is 4.92 Å². The van der Waals surface area contributed by atoms with Crippen molar-refractivity contribution in [3.05, 3.63) is 63.7 Å². The summed E-state index contributed by atoms with van der Waals surface area (Å²) in [4.78, 5) is 24.2. The van der Waals surface area contributed by atoms with Crippen LogP contribution in [0, 0.1) is 10.1 Å². The topological polar surface area (TPSA) is 84.7 Å². The van der Waals surface area contributed by atoms with Crippen molar-refractivity contribution in [2.24, 2.45) is 0 Å². The van der Waals surface area contributed by atoms with E-state index in [2.05, 4.69) is 5.32 Å². The normalized spacial score (nSPS) is 10.6. The Hall–Kier alpha value is -2.64. The SMILES string of the molecule is CN(CCCOc1ccccc1)CC(=O)Nc1ccc(Cl)c([N+](=O)[O-])c1. The maximum atomic E-state index is 12.1. The minimum atomic E-state index is -0.586. The van der Waals surface area contributed by atoms with Gasteiger partial charge in [-0.15, -0.1) is 0 Å². The molecule has 1 N–H and O–H groups in total. The van der Waals surface area contributed by atoms with Crippen molar-refractivity contribution < 1.29 is 14.5 Å². The number of benzene rings is 2. The molecule has 26 heavy (non-hydrogen) atoms. The summed E-state index contributed by atoms with van der Waals surface area (Å²) in [7, 11) is 1.83. The third kappa shape index (κ3) is 6.34. The van der Waals surface area contributed by atoms with Crippen LogP contribution in [0.5, 0.6) is 5.75 Å². The molecule has 0 aromatic heterocycles. The van der Waals surface area contributed by atoms with Gasteiger partial charge in [0, 0.05) is 18.3 Å². The molecule has 0 fully saturated rings. The van der Waals surface area contributed by atoms with E-state index in [1.807, 2.05) is 42.3 Å². The molecule has 0 saturated carbocycles. The Morgan fingerprint density at radius 3 is 2.69 bits per heavy atom. The predicted octanol–water partition coefficient (Wildman–Crippen LogP) is 3.59. The fourth-order valence-electron chi connectivity index (χ4n) is 2.30. The molecule has 0 heterocycles. The lowest BCUT2D eigenvalue weighted by Gasteiger charge is -2.16. The van der Waals surface area contributed by atoms with Crippen LogP contribution < -0.4 is 10.1 Å². The number of nitrogens with one attached hydrogen (secondary N) is 1. The lowest BCUT2D eigenvalue weighted by molar-refractivity contribution is -0.384. The molecule has 0 aliphatic rings. The second-order valence-electron chi connectivity index (χ2n) is 5.72. The van der Waals surface area contributed by atoms with Crippen molar-refractivity contribution >= 4 is 28.9 Å². The molecule has 0 spiro atoms. The number of ether oxygens (including phenoxy) is 1. The second kappa shape index (κ2) is 9.74. The molecular weight excluding hydrogens is 358 g/mol. The average Bonchev–Trinajstić information content (AvgIpc) is 2.61. The van der Waals surface area contributed by atoms with E-state index >= 15 is 0 Å². The van der Waals surface area contributed by atoms with E-state index in [9.17, 15) is 14.9 Å². The number of carbonyl (C=O) groups excluding carboxylic acids is 1. The number of hydrogen-bond acceptors (Lipinski definition) is 5. The average molecular weight is 378 g/mol. The molecule has 0 saturated heterocycles. The number of para-hydroxylation sites is 1. The van der Waals surface area contributed by atoms with Gasteiger partial charge in [-0.3, -0.25) is 19.8 Å². The van der Waals surface area contributed by atoms with Gasteiger partial charge in [0.2, 0.25) is 5.91 Å². The monoisotopic (exact) mass is 377 g/mol. The van der Waals surface area contributed by atoms with E-state index in [1.54, 1.807) is 0 Å². The molecule has 2 aromatic rings. The number of halogens is 1. The van der Waals surface area contributed by atoms with Gasteiger partial charge in [0.1, 0.15) is 10.8 Å². The Bertz CT molecular complexity index is 755. The maximum Gasteiger partial charge on any atom is 0.289 e. The van der Waals surface area contributed by atoms with Crippen LogP contribution in [0.15, 0.2) is 48.5 Å². The van der Waals surface area contributed by atoms with Crippen LogP contribution >= 0.6 is 11.6 Å². The maximum absolute atomic E-state index is 12.1. The number of carbonyl (C=O) groups is 1. The summed E-state index contributed by atoms with van der Waals surface area (Å²) >= 11 is 5.75. The highest BCUT2D eigenvalue weighted by molar-refractivity contribution is 6.32. The number of hydrogen-bond donors (Lipinski definition) is 1. The van der Waals surface area contributed by atoms with Crippen molar-refractivity contribution in [2.45, 2.75) is 6.42 Å². The van der Waals surface area contributed by atoms with Crippen LogP contribution in [0.1, 0.15) is 6.42 Å². The minimum absolute atomic E-state index is 0.0310. The van der Waals surface area contributed by atoms with Gasteiger partial charge in [-0.1, -0.05) is 29.8 Å². The van der Waals surface area contributed by atoms with Crippen molar-refractivity contribution in [3.8, 4) is 5.75 Å². The highest BCUT2D eigenvalue weighted by Crippen LogP contribution is 2.27.